The first-order chi connectivity index (χ1) is 15.4. The Morgan fingerprint density at radius 1 is 1.03 bits per heavy atom. The lowest BCUT2D eigenvalue weighted by Crippen LogP contribution is -2.49. The number of allylic oxidation sites excluding steroid dienone is 1. The zero-order valence-corrected chi connectivity index (χ0v) is 19.8. The van der Waals surface area contributed by atoms with Gasteiger partial charge in [-0.05, 0) is 62.0 Å². The topological polar surface area (TPSA) is 71.4 Å². The highest BCUT2D eigenvalue weighted by Crippen LogP contribution is 2.60. The second kappa shape index (κ2) is 8.91. The highest BCUT2D eigenvalue weighted by Gasteiger charge is 2.57. The van der Waals surface area contributed by atoms with Crippen molar-refractivity contribution in [3.8, 4) is 5.75 Å². The molecule has 1 spiro atoms. The van der Waals surface area contributed by atoms with Gasteiger partial charge in [-0.15, -0.1) is 0 Å². The molecule has 0 amide bonds. The predicted octanol–water partition coefficient (Wildman–Crippen LogP) is 4.81. The van der Waals surface area contributed by atoms with Crippen LogP contribution in [0.25, 0.3) is 0 Å². The number of rotatable bonds is 6. The number of hydrazone groups is 1. The van der Waals surface area contributed by atoms with Crippen LogP contribution in [0.5, 0.6) is 5.75 Å². The highest BCUT2D eigenvalue weighted by atomic mass is 32.2. The molecule has 166 valence electrons. The minimum absolute atomic E-state index is 0.138. The van der Waals surface area contributed by atoms with Crippen LogP contribution in [0.2, 0.25) is 0 Å². The summed E-state index contributed by atoms with van der Waals surface area (Å²) in [5.74, 6) is 0.187. The SMILES string of the molecule is CCOC(=O)C1=C(C)N(c2ccccc2)[C@@]2(SC(C(C)=O)=NN2c2ccc(OC)cc2)S1. The van der Waals surface area contributed by atoms with E-state index in [0.717, 1.165) is 17.1 Å². The van der Waals surface area contributed by atoms with Crippen LogP contribution in [0.1, 0.15) is 20.8 Å². The van der Waals surface area contributed by atoms with Gasteiger partial charge in [-0.1, -0.05) is 30.0 Å². The van der Waals surface area contributed by atoms with Gasteiger partial charge < -0.3 is 14.4 Å². The van der Waals surface area contributed by atoms with E-state index in [-0.39, 0.29) is 18.4 Å². The fourth-order valence-electron chi connectivity index (χ4n) is 3.52. The van der Waals surface area contributed by atoms with E-state index in [9.17, 15) is 9.59 Å². The number of carbonyl (C=O) groups excluding carboxylic acids is 2. The summed E-state index contributed by atoms with van der Waals surface area (Å²) in [4.78, 5) is 27.7. The molecule has 9 heteroatoms. The van der Waals surface area contributed by atoms with Crippen molar-refractivity contribution in [1.82, 2.24) is 0 Å². The zero-order chi connectivity index (χ0) is 22.9. The number of thioether (sulfide) groups is 2. The normalized spacial score (nSPS) is 20.1. The molecule has 2 aliphatic heterocycles. The summed E-state index contributed by atoms with van der Waals surface area (Å²) >= 11 is 2.66. The summed E-state index contributed by atoms with van der Waals surface area (Å²) in [7, 11) is 1.61. The Bertz CT molecular complexity index is 1100. The number of anilines is 2. The van der Waals surface area contributed by atoms with Crippen molar-refractivity contribution in [1.29, 1.82) is 0 Å². The van der Waals surface area contributed by atoms with E-state index in [1.54, 1.807) is 19.0 Å². The fourth-order valence-corrected chi connectivity index (χ4v) is 6.47. The van der Waals surface area contributed by atoms with Crippen molar-refractivity contribution in [2.24, 2.45) is 5.10 Å². The standard InChI is InChI=1S/C23H23N3O4S2/c1-5-30-22(28)20-15(2)25(17-9-7-6-8-10-17)23(31-20)26(24-21(32-23)16(3)27)18-11-13-19(29-4)14-12-18/h6-14H,5H2,1-4H3/t23-/m0/s1. The van der Waals surface area contributed by atoms with E-state index in [0.29, 0.717) is 15.7 Å². The van der Waals surface area contributed by atoms with Crippen molar-refractivity contribution < 1.29 is 19.1 Å². The molecule has 0 aliphatic carbocycles. The molecule has 1 atom stereocenters. The summed E-state index contributed by atoms with van der Waals surface area (Å²) in [5, 5.41) is 6.84. The van der Waals surface area contributed by atoms with Gasteiger partial charge in [0.2, 0.25) is 4.33 Å². The highest BCUT2D eigenvalue weighted by molar-refractivity contribution is 8.29. The molecule has 0 bridgehead atoms. The Morgan fingerprint density at radius 2 is 1.72 bits per heavy atom. The monoisotopic (exact) mass is 469 g/mol. The van der Waals surface area contributed by atoms with Crippen molar-refractivity contribution >= 4 is 51.7 Å². The van der Waals surface area contributed by atoms with Crippen LogP contribution >= 0.6 is 23.5 Å². The number of ketones is 1. The Kier molecular flexibility index (Phi) is 6.21. The number of benzene rings is 2. The lowest BCUT2D eigenvalue weighted by atomic mass is 10.2. The van der Waals surface area contributed by atoms with Crippen molar-refractivity contribution in [3.63, 3.8) is 0 Å². The number of Topliss-reactive ketones (excluding diaryl/α,β-unsaturated/α-hetero) is 1. The van der Waals surface area contributed by atoms with Crippen LogP contribution in [0.3, 0.4) is 0 Å². The number of nitrogens with zero attached hydrogens (tertiary/aromatic N) is 3. The number of esters is 1. The average Bonchev–Trinajstić information content (AvgIpc) is 3.32. The molecule has 0 saturated heterocycles. The first kappa shape index (κ1) is 22.3. The molecule has 32 heavy (non-hydrogen) atoms. The number of para-hydroxylation sites is 1. The summed E-state index contributed by atoms with van der Waals surface area (Å²) in [5.41, 5.74) is 2.38. The molecule has 2 heterocycles. The molecule has 0 N–H and O–H groups in total. The maximum Gasteiger partial charge on any atom is 0.346 e. The smallest absolute Gasteiger partial charge is 0.346 e. The number of hydrogen-bond acceptors (Lipinski definition) is 9. The summed E-state index contributed by atoms with van der Waals surface area (Å²) in [6, 6.07) is 17.2. The van der Waals surface area contributed by atoms with Gasteiger partial charge in [0.05, 0.1) is 19.4 Å². The van der Waals surface area contributed by atoms with Crippen molar-refractivity contribution in [3.05, 3.63) is 65.2 Å². The number of hydrogen-bond donors (Lipinski definition) is 0. The van der Waals surface area contributed by atoms with E-state index in [4.69, 9.17) is 9.47 Å². The average molecular weight is 470 g/mol. The van der Waals surface area contributed by atoms with Crippen LogP contribution in [0.15, 0.2) is 70.3 Å². The number of carbonyl (C=O) groups is 2. The van der Waals surface area contributed by atoms with Crippen LogP contribution in [-0.4, -0.2) is 34.8 Å². The largest absolute Gasteiger partial charge is 0.497 e. The molecule has 2 aromatic carbocycles. The fraction of sp³-hybridized carbons (Fsp3) is 0.261. The molecule has 0 fully saturated rings. The third-order valence-electron chi connectivity index (χ3n) is 4.96. The number of methoxy groups -OCH3 is 1. The molecular formula is C23H23N3O4S2. The summed E-state index contributed by atoms with van der Waals surface area (Å²) in [6.45, 7) is 5.44. The van der Waals surface area contributed by atoms with E-state index in [2.05, 4.69) is 5.10 Å². The van der Waals surface area contributed by atoms with Crippen LogP contribution in [0, 0.1) is 0 Å². The van der Waals surface area contributed by atoms with E-state index >= 15 is 0 Å². The van der Waals surface area contributed by atoms with Crippen LogP contribution in [-0.2, 0) is 14.3 Å². The van der Waals surface area contributed by atoms with Gasteiger partial charge >= 0.3 is 5.97 Å². The van der Waals surface area contributed by atoms with Crippen molar-refractivity contribution in [2.45, 2.75) is 25.1 Å². The Labute approximate surface area is 195 Å². The van der Waals surface area contributed by atoms with Gasteiger partial charge in [0.25, 0.3) is 0 Å². The Hall–Kier alpha value is -2.91. The maximum absolute atomic E-state index is 12.8. The van der Waals surface area contributed by atoms with Gasteiger partial charge in [0.1, 0.15) is 10.7 Å². The molecule has 0 radical (unpaired) electrons. The van der Waals surface area contributed by atoms with Gasteiger partial charge in [-0.25, -0.2) is 9.80 Å². The molecule has 0 aromatic heterocycles. The van der Waals surface area contributed by atoms with E-state index < -0.39 is 4.33 Å². The minimum atomic E-state index is -0.941. The van der Waals surface area contributed by atoms with Gasteiger partial charge in [-0.2, -0.15) is 5.10 Å². The second-order valence-electron chi connectivity index (χ2n) is 7.03. The first-order valence-corrected chi connectivity index (χ1v) is 11.7. The molecule has 0 saturated carbocycles. The second-order valence-corrected chi connectivity index (χ2v) is 9.63. The molecule has 0 unspecified atom stereocenters. The molecule has 2 aliphatic rings. The summed E-state index contributed by atoms with van der Waals surface area (Å²) < 4.78 is 9.69. The molecule has 4 rings (SSSR count). The third-order valence-corrected chi connectivity index (χ3v) is 7.93. The zero-order valence-electron chi connectivity index (χ0n) is 18.2. The predicted molar refractivity (Wildman–Crippen MR) is 130 cm³/mol. The van der Waals surface area contributed by atoms with Gasteiger partial charge in [-0.3, -0.25) is 4.79 Å². The van der Waals surface area contributed by atoms with E-state index in [1.807, 2.05) is 66.4 Å². The van der Waals surface area contributed by atoms with Crippen LogP contribution in [0.4, 0.5) is 11.4 Å². The van der Waals surface area contributed by atoms with Crippen LogP contribution < -0.4 is 14.6 Å². The first-order valence-electron chi connectivity index (χ1n) is 10.1. The third kappa shape index (κ3) is 3.75. The molecular weight excluding hydrogens is 446 g/mol. The summed E-state index contributed by atoms with van der Waals surface area (Å²) in [6.07, 6.45) is 0. The quantitative estimate of drug-likeness (QED) is 0.558. The minimum Gasteiger partial charge on any atom is -0.497 e. The number of ether oxygens (including phenoxy) is 2. The molecule has 2 aromatic rings. The Morgan fingerprint density at radius 3 is 2.31 bits per heavy atom. The lowest BCUT2D eigenvalue weighted by molar-refractivity contribution is -0.137. The van der Waals surface area contributed by atoms with E-state index in [1.165, 1.54) is 30.4 Å². The van der Waals surface area contributed by atoms with Crippen molar-refractivity contribution in [2.75, 3.05) is 23.6 Å². The van der Waals surface area contributed by atoms with Gasteiger partial charge in [0.15, 0.2) is 10.8 Å². The Balaban J connectivity index is 1.88. The van der Waals surface area contributed by atoms with Gasteiger partial charge in [0, 0.05) is 18.3 Å². The lowest BCUT2D eigenvalue weighted by Gasteiger charge is -2.41. The molecule has 7 nitrogen and oxygen atoms in total. The maximum atomic E-state index is 12.8.